The van der Waals surface area contributed by atoms with Gasteiger partial charge >= 0.3 is 0 Å². The van der Waals surface area contributed by atoms with Gasteiger partial charge in [0.2, 0.25) is 0 Å². The van der Waals surface area contributed by atoms with Gasteiger partial charge in [-0.25, -0.2) is 0 Å². The van der Waals surface area contributed by atoms with E-state index in [1.807, 2.05) is 0 Å². The lowest BCUT2D eigenvalue weighted by Gasteiger charge is -2.40. The highest BCUT2D eigenvalue weighted by Gasteiger charge is 2.31. The van der Waals surface area contributed by atoms with Crippen molar-refractivity contribution < 1.29 is 0 Å². The van der Waals surface area contributed by atoms with E-state index in [9.17, 15) is 0 Å². The Morgan fingerprint density at radius 2 is 1.28 bits per heavy atom. The van der Waals surface area contributed by atoms with E-state index in [1.54, 1.807) is 0 Å². The number of dihydropyridines is 1. The molecule has 2 aliphatic carbocycles. The van der Waals surface area contributed by atoms with Crippen molar-refractivity contribution >= 4 is 33.5 Å². The lowest BCUT2D eigenvalue weighted by Crippen LogP contribution is -2.59. The van der Waals surface area contributed by atoms with Crippen LogP contribution in [0.4, 0.5) is 0 Å². The van der Waals surface area contributed by atoms with Gasteiger partial charge in [-0.3, -0.25) is 16.0 Å². The summed E-state index contributed by atoms with van der Waals surface area (Å²) in [4.78, 5) is 0. The van der Waals surface area contributed by atoms with Gasteiger partial charge in [-0.2, -0.15) is 0 Å². The summed E-state index contributed by atoms with van der Waals surface area (Å²) in [7, 11) is 0. The number of rotatable bonds is 6. The second-order valence-corrected chi connectivity index (χ2v) is 14.5. The normalized spacial score (nSPS) is 22.3. The Bertz CT molecular complexity index is 2420. The van der Waals surface area contributed by atoms with Gasteiger partial charge in [0, 0.05) is 17.0 Å². The Morgan fingerprint density at radius 1 is 0.585 bits per heavy atom. The summed E-state index contributed by atoms with van der Waals surface area (Å²) >= 11 is 0. The van der Waals surface area contributed by atoms with Crippen LogP contribution in [0, 0.1) is 0 Å². The van der Waals surface area contributed by atoms with Crippen LogP contribution in [0.25, 0.3) is 44.6 Å². The molecule has 10 rings (SSSR count). The van der Waals surface area contributed by atoms with Crippen molar-refractivity contribution in [1.29, 1.82) is 0 Å². The third-order valence-electron chi connectivity index (χ3n) is 11.3. The van der Waals surface area contributed by atoms with Crippen LogP contribution in [0.2, 0.25) is 0 Å². The first kappa shape index (κ1) is 32.0. The summed E-state index contributed by atoms with van der Waals surface area (Å²) in [5.41, 5.74) is 14.1. The standard InChI is InChI=1S/C48H43N5/c1-5-15-32(16-6-1)36-25-27-40-42(29-36)53(43-30-41(33-17-7-2-8-18-33)38-23-13-14-24-39(38)45(40)43)44-28-26-37(31-49-44)48-51-46(34-19-9-3-10-20-34)50-47(52-48)35-21-11-4-12-22-35/h1,3-7,9-13,15-23,25-31,44,46-52H,2,8,14,24H2. The zero-order chi connectivity index (χ0) is 35.1. The zero-order valence-electron chi connectivity index (χ0n) is 29.7. The van der Waals surface area contributed by atoms with E-state index in [0.717, 1.165) is 31.3 Å². The average molecular weight is 690 g/mol. The molecular formula is C48H43N5. The number of aryl methyl sites for hydroxylation is 1. The van der Waals surface area contributed by atoms with Crippen LogP contribution in [0.5, 0.6) is 0 Å². The number of hydrogen-bond acceptors (Lipinski definition) is 4. The zero-order valence-corrected chi connectivity index (χ0v) is 29.7. The fraction of sp³-hybridized carbons (Fsp3) is 0.167. The highest BCUT2D eigenvalue weighted by molar-refractivity contribution is 6.13. The molecule has 1 fully saturated rings. The first-order valence-corrected chi connectivity index (χ1v) is 19.0. The predicted molar refractivity (Wildman–Crippen MR) is 220 cm³/mol. The Balaban J connectivity index is 1.08. The van der Waals surface area contributed by atoms with Gasteiger partial charge in [-0.15, -0.1) is 0 Å². The molecule has 1 aromatic heterocycles. The van der Waals surface area contributed by atoms with Crippen molar-refractivity contribution in [2.24, 2.45) is 0 Å². The van der Waals surface area contributed by atoms with Crippen LogP contribution < -0.4 is 21.3 Å². The third kappa shape index (κ3) is 5.87. The van der Waals surface area contributed by atoms with Crippen molar-refractivity contribution in [3.8, 4) is 11.1 Å². The number of nitrogens with zero attached hydrogens (tertiary/aromatic N) is 1. The summed E-state index contributed by atoms with van der Waals surface area (Å²) in [5.74, 6) is 0. The number of allylic oxidation sites excluding steroid dienone is 5. The Kier molecular flexibility index (Phi) is 8.25. The van der Waals surface area contributed by atoms with Crippen LogP contribution >= 0.6 is 0 Å². The third-order valence-corrected chi connectivity index (χ3v) is 11.3. The van der Waals surface area contributed by atoms with E-state index in [4.69, 9.17) is 0 Å². The Morgan fingerprint density at radius 3 is 1.96 bits per heavy atom. The monoisotopic (exact) mass is 689 g/mol. The molecule has 3 atom stereocenters. The van der Waals surface area contributed by atoms with Crippen LogP contribution in [0.15, 0.2) is 163 Å². The van der Waals surface area contributed by atoms with Crippen molar-refractivity contribution in [3.63, 3.8) is 0 Å². The van der Waals surface area contributed by atoms with Crippen molar-refractivity contribution in [1.82, 2.24) is 25.8 Å². The van der Waals surface area contributed by atoms with Crippen molar-refractivity contribution in [2.45, 2.75) is 50.3 Å². The predicted octanol–water partition coefficient (Wildman–Crippen LogP) is 10.2. The van der Waals surface area contributed by atoms with Gasteiger partial charge in [-0.1, -0.05) is 140 Å². The molecule has 4 N–H and O–H groups in total. The van der Waals surface area contributed by atoms with Gasteiger partial charge in [0.15, 0.2) is 0 Å². The molecule has 4 aliphatic rings. The van der Waals surface area contributed by atoms with Crippen LogP contribution in [-0.2, 0) is 6.42 Å². The molecule has 5 aromatic carbocycles. The molecule has 53 heavy (non-hydrogen) atoms. The molecule has 2 aliphatic heterocycles. The quantitative estimate of drug-likeness (QED) is 0.141. The molecule has 1 saturated heterocycles. The molecule has 0 amide bonds. The van der Waals surface area contributed by atoms with Gasteiger partial charge in [0.05, 0.1) is 29.5 Å². The first-order valence-electron chi connectivity index (χ1n) is 19.0. The van der Waals surface area contributed by atoms with Crippen molar-refractivity contribution in [3.05, 3.63) is 191 Å². The fourth-order valence-corrected chi connectivity index (χ4v) is 8.68. The molecule has 3 unspecified atom stereocenters. The second-order valence-electron chi connectivity index (χ2n) is 14.5. The molecular weight excluding hydrogens is 647 g/mol. The molecule has 0 saturated carbocycles. The minimum Gasteiger partial charge on any atom is -0.367 e. The molecule has 0 bridgehead atoms. The largest absolute Gasteiger partial charge is 0.367 e. The van der Waals surface area contributed by atoms with E-state index in [2.05, 4.69) is 190 Å². The van der Waals surface area contributed by atoms with E-state index in [0.29, 0.717) is 0 Å². The minimum atomic E-state index is -0.0744. The molecule has 5 heteroatoms. The van der Waals surface area contributed by atoms with Gasteiger partial charge in [0.1, 0.15) is 6.17 Å². The molecule has 3 heterocycles. The van der Waals surface area contributed by atoms with Crippen LogP contribution in [0.1, 0.15) is 65.6 Å². The summed E-state index contributed by atoms with van der Waals surface area (Å²) in [6.07, 6.45) is 22.8. The van der Waals surface area contributed by atoms with Gasteiger partial charge in [0.25, 0.3) is 0 Å². The van der Waals surface area contributed by atoms with E-state index >= 15 is 0 Å². The Labute approximate surface area is 311 Å². The van der Waals surface area contributed by atoms with Gasteiger partial charge in [-0.05, 0) is 94.0 Å². The van der Waals surface area contributed by atoms with Gasteiger partial charge < -0.3 is 9.88 Å². The lowest BCUT2D eigenvalue weighted by atomic mass is 9.85. The maximum atomic E-state index is 3.87. The van der Waals surface area contributed by atoms with E-state index in [-0.39, 0.29) is 24.7 Å². The summed E-state index contributed by atoms with van der Waals surface area (Å²) in [5, 5.41) is 18.0. The first-order chi connectivity index (χ1) is 26.3. The molecule has 5 nitrogen and oxygen atoms in total. The SMILES string of the molecule is C1=CC(c2cc3c(c4c2C=CCC4)c2ccc(-c4ccccc4)cc2n3C2C=CC(C3NC(c4ccccc4)NC(c4ccccc4)N3)=CN2)=CCC1. The summed E-state index contributed by atoms with van der Waals surface area (Å²) < 4.78 is 2.54. The summed E-state index contributed by atoms with van der Waals surface area (Å²) in [6, 6.07) is 41.6. The maximum absolute atomic E-state index is 3.87. The smallest absolute Gasteiger partial charge is 0.123 e. The summed E-state index contributed by atoms with van der Waals surface area (Å²) in [6.45, 7) is 0. The average Bonchev–Trinajstić information content (AvgIpc) is 3.58. The van der Waals surface area contributed by atoms with E-state index in [1.165, 1.54) is 66.3 Å². The molecule has 0 radical (unpaired) electrons. The van der Waals surface area contributed by atoms with Crippen molar-refractivity contribution in [2.75, 3.05) is 0 Å². The second kappa shape index (κ2) is 13.7. The number of hydrogen-bond donors (Lipinski definition) is 4. The fourth-order valence-electron chi connectivity index (χ4n) is 8.68. The highest BCUT2D eigenvalue weighted by atomic mass is 15.4. The Hall–Kier alpha value is -5.72. The number of aromatic nitrogens is 1. The number of nitrogens with one attached hydrogen (secondary N) is 4. The number of fused-ring (bicyclic) bond motifs is 5. The number of benzene rings is 5. The van der Waals surface area contributed by atoms with E-state index < -0.39 is 0 Å². The molecule has 260 valence electrons. The van der Waals surface area contributed by atoms with Crippen LogP contribution in [-0.4, -0.2) is 10.7 Å². The topological polar surface area (TPSA) is 53.1 Å². The molecule has 0 spiro atoms. The lowest BCUT2D eigenvalue weighted by molar-refractivity contribution is 0.223. The minimum absolute atomic E-state index is 0.0183. The molecule has 6 aromatic rings. The highest BCUT2D eigenvalue weighted by Crippen LogP contribution is 2.43. The maximum Gasteiger partial charge on any atom is 0.123 e. The van der Waals surface area contributed by atoms with Crippen LogP contribution in [0.3, 0.4) is 0 Å².